The third-order valence-corrected chi connectivity index (χ3v) is 3.87. The number of nitrogens with two attached hydrogens (primary N) is 1. The average molecular weight is 284 g/mol. The Bertz CT molecular complexity index is 284. The van der Waals surface area contributed by atoms with Crippen molar-refractivity contribution in [2.75, 3.05) is 45.9 Å². The van der Waals surface area contributed by atoms with E-state index in [1.54, 1.807) is 0 Å². The molecule has 1 aliphatic heterocycles. The molecule has 0 spiro atoms. The monoisotopic (exact) mass is 284 g/mol. The number of rotatable bonds is 7. The van der Waals surface area contributed by atoms with Gasteiger partial charge in [-0.15, -0.1) is 0 Å². The van der Waals surface area contributed by atoms with E-state index < -0.39 is 0 Å². The molecule has 1 rings (SSSR count). The van der Waals surface area contributed by atoms with Gasteiger partial charge in [0.15, 0.2) is 5.96 Å². The summed E-state index contributed by atoms with van der Waals surface area (Å²) in [7, 11) is 0. The minimum absolute atomic E-state index is 0.490. The second kappa shape index (κ2) is 9.19. The van der Waals surface area contributed by atoms with Gasteiger partial charge in [-0.05, 0) is 25.4 Å². The molecule has 1 atom stereocenters. The Morgan fingerprint density at radius 3 is 2.35 bits per heavy atom. The molecule has 118 valence electrons. The van der Waals surface area contributed by atoms with Crippen LogP contribution in [0.1, 0.15) is 34.1 Å². The second-order valence-corrected chi connectivity index (χ2v) is 5.80. The first-order chi connectivity index (χ1) is 9.58. The lowest BCUT2D eigenvalue weighted by molar-refractivity contribution is 0.0673. The Morgan fingerprint density at radius 1 is 1.25 bits per heavy atom. The van der Waals surface area contributed by atoms with Gasteiger partial charge in [0.05, 0.1) is 19.8 Å². The molecule has 1 unspecified atom stereocenters. The van der Waals surface area contributed by atoms with Crippen LogP contribution in [0.25, 0.3) is 0 Å². The standard InChI is InChI=1S/C15H32N4O/c1-5-18(6-2)14(11-13(3)4)12-17-15(16)19-7-9-20-10-8-19/h13-14H,5-12H2,1-4H3,(H2,16,17). The molecule has 5 heteroatoms. The summed E-state index contributed by atoms with van der Waals surface area (Å²) >= 11 is 0. The maximum Gasteiger partial charge on any atom is 0.191 e. The molecule has 1 heterocycles. The number of likely N-dealkylation sites (N-methyl/N-ethyl adjacent to an activating group) is 1. The third kappa shape index (κ3) is 5.67. The van der Waals surface area contributed by atoms with Gasteiger partial charge in [0.2, 0.25) is 0 Å². The third-order valence-electron chi connectivity index (χ3n) is 3.87. The van der Waals surface area contributed by atoms with Gasteiger partial charge in [0, 0.05) is 19.1 Å². The highest BCUT2D eigenvalue weighted by Gasteiger charge is 2.18. The molecule has 0 saturated carbocycles. The SMILES string of the molecule is CCN(CC)C(CN=C(N)N1CCOCC1)CC(C)C. The number of morpholine rings is 1. The van der Waals surface area contributed by atoms with Crippen molar-refractivity contribution >= 4 is 5.96 Å². The minimum atomic E-state index is 0.490. The molecule has 0 aromatic rings. The Hall–Kier alpha value is -0.810. The average Bonchev–Trinajstić information content (AvgIpc) is 2.45. The predicted molar refractivity (Wildman–Crippen MR) is 85.0 cm³/mol. The molecule has 0 aliphatic carbocycles. The predicted octanol–water partition coefficient (Wildman–Crippen LogP) is 1.39. The van der Waals surface area contributed by atoms with Gasteiger partial charge in [0.1, 0.15) is 0 Å². The second-order valence-electron chi connectivity index (χ2n) is 5.80. The Labute approximate surface area is 124 Å². The molecule has 0 bridgehead atoms. The van der Waals surface area contributed by atoms with Crippen LogP contribution in [0.4, 0.5) is 0 Å². The first-order valence-corrected chi connectivity index (χ1v) is 7.95. The fraction of sp³-hybridized carbons (Fsp3) is 0.933. The van der Waals surface area contributed by atoms with E-state index in [0.717, 1.165) is 45.9 Å². The van der Waals surface area contributed by atoms with Crippen LogP contribution < -0.4 is 5.73 Å². The molecule has 2 N–H and O–H groups in total. The highest BCUT2D eigenvalue weighted by molar-refractivity contribution is 5.78. The summed E-state index contributed by atoms with van der Waals surface area (Å²) in [5, 5.41) is 0. The van der Waals surface area contributed by atoms with E-state index >= 15 is 0 Å². The van der Waals surface area contributed by atoms with Gasteiger partial charge in [-0.25, -0.2) is 0 Å². The van der Waals surface area contributed by atoms with Crippen molar-refractivity contribution in [3.05, 3.63) is 0 Å². The van der Waals surface area contributed by atoms with Crippen molar-refractivity contribution in [1.29, 1.82) is 0 Å². The fourth-order valence-electron chi connectivity index (χ4n) is 2.71. The maximum atomic E-state index is 6.11. The fourth-order valence-corrected chi connectivity index (χ4v) is 2.71. The summed E-state index contributed by atoms with van der Waals surface area (Å²) in [6, 6.07) is 0.490. The van der Waals surface area contributed by atoms with Crippen LogP contribution in [0, 0.1) is 5.92 Å². The van der Waals surface area contributed by atoms with E-state index in [1.165, 1.54) is 6.42 Å². The lowest BCUT2D eigenvalue weighted by Gasteiger charge is -2.31. The van der Waals surface area contributed by atoms with E-state index in [1.807, 2.05) is 0 Å². The van der Waals surface area contributed by atoms with E-state index in [2.05, 4.69) is 42.5 Å². The zero-order valence-electron chi connectivity index (χ0n) is 13.6. The van der Waals surface area contributed by atoms with Crippen molar-refractivity contribution < 1.29 is 4.74 Å². The highest BCUT2D eigenvalue weighted by Crippen LogP contribution is 2.12. The molecule has 0 aromatic heterocycles. The van der Waals surface area contributed by atoms with Gasteiger partial charge in [0.25, 0.3) is 0 Å². The zero-order valence-corrected chi connectivity index (χ0v) is 13.6. The topological polar surface area (TPSA) is 54.1 Å². The Kier molecular flexibility index (Phi) is 7.92. The number of nitrogens with zero attached hydrogens (tertiary/aromatic N) is 3. The summed E-state index contributed by atoms with van der Waals surface area (Å²) in [5.74, 6) is 1.36. The highest BCUT2D eigenvalue weighted by atomic mass is 16.5. The van der Waals surface area contributed by atoms with Crippen LogP contribution in [0.15, 0.2) is 4.99 Å². The quantitative estimate of drug-likeness (QED) is 0.567. The summed E-state index contributed by atoms with van der Waals surface area (Å²) in [4.78, 5) is 9.25. The van der Waals surface area contributed by atoms with Crippen molar-refractivity contribution in [1.82, 2.24) is 9.80 Å². The minimum Gasteiger partial charge on any atom is -0.378 e. The van der Waals surface area contributed by atoms with Crippen LogP contribution in [-0.2, 0) is 4.74 Å². The molecular formula is C15H32N4O. The summed E-state index contributed by atoms with van der Waals surface area (Å²) < 4.78 is 5.34. The summed E-state index contributed by atoms with van der Waals surface area (Å²) in [6.07, 6.45) is 1.17. The van der Waals surface area contributed by atoms with E-state index in [0.29, 0.717) is 17.9 Å². The number of ether oxygens (including phenoxy) is 1. The van der Waals surface area contributed by atoms with Crippen molar-refractivity contribution in [2.45, 2.75) is 40.2 Å². The Morgan fingerprint density at radius 2 is 1.85 bits per heavy atom. The number of guanidine groups is 1. The van der Waals surface area contributed by atoms with Crippen molar-refractivity contribution in [2.24, 2.45) is 16.6 Å². The molecule has 0 amide bonds. The first-order valence-electron chi connectivity index (χ1n) is 7.95. The molecule has 5 nitrogen and oxygen atoms in total. The maximum absolute atomic E-state index is 6.11. The molecule has 0 radical (unpaired) electrons. The summed E-state index contributed by atoms with van der Waals surface area (Å²) in [6.45, 7) is 15.1. The van der Waals surface area contributed by atoms with Crippen LogP contribution in [0.3, 0.4) is 0 Å². The molecule has 1 fully saturated rings. The lowest BCUT2D eigenvalue weighted by atomic mass is 10.0. The van der Waals surface area contributed by atoms with E-state index in [9.17, 15) is 0 Å². The van der Waals surface area contributed by atoms with Gasteiger partial charge in [-0.1, -0.05) is 27.7 Å². The van der Waals surface area contributed by atoms with Crippen LogP contribution >= 0.6 is 0 Å². The van der Waals surface area contributed by atoms with Crippen molar-refractivity contribution in [3.63, 3.8) is 0 Å². The van der Waals surface area contributed by atoms with E-state index in [-0.39, 0.29) is 0 Å². The van der Waals surface area contributed by atoms with Crippen LogP contribution in [0.2, 0.25) is 0 Å². The largest absolute Gasteiger partial charge is 0.378 e. The van der Waals surface area contributed by atoms with E-state index in [4.69, 9.17) is 10.5 Å². The van der Waals surface area contributed by atoms with Crippen molar-refractivity contribution in [3.8, 4) is 0 Å². The molecule has 20 heavy (non-hydrogen) atoms. The van der Waals surface area contributed by atoms with Gasteiger partial charge in [-0.3, -0.25) is 9.89 Å². The number of hydrogen-bond donors (Lipinski definition) is 1. The molecule has 0 aromatic carbocycles. The molecule has 1 aliphatic rings. The first kappa shape index (κ1) is 17.2. The smallest absolute Gasteiger partial charge is 0.191 e. The number of aliphatic imine (C=N–C) groups is 1. The number of hydrogen-bond acceptors (Lipinski definition) is 3. The van der Waals surface area contributed by atoms with Crippen LogP contribution in [-0.4, -0.2) is 67.7 Å². The normalized spacial score (nSPS) is 18.9. The molecular weight excluding hydrogens is 252 g/mol. The zero-order chi connectivity index (χ0) is 15.0. The lowest BCUT2D eigenvalue weighted by Crippen LogP contribution is -2.46. The Balaban J connectivity index is 2.58. The summed E-state index contributed by atoms with van der Waals surface area (Å²) in [5.41, 5.74) is 6.11. The van der Waals surface area contributed by atoms with Gasteiger partial charge >= 0.3 is 0 Å². The van der Waals surface area contributed by atoms with Gasteiger partial charge in [-0.2, -0.15) is 0 Å². The van der Waals surface area contributed by atoms with Gasteiger partial charge < -0.3 is 15.4 Å². The van der Waals surface area contributed by atoms with Crippen LogP contribution in [0.5, 0.6) is 0 Å². The molecule has 1 saturated heterocycles.